The lowest BCUT2D eigenvalue weighted by molar-refractivity contribution is -0.116. The zero-order chi connectivity index (χ0) is 17.8. The fourth-order valence-corrected chi connectivity index (χ4v) is 3.03. The molecule has 1 N–H and O–H groups in total. The minimum atomic E-state index is -0.0628. The van der Waals surface area contributed by atoms with E-state index < -0.39 is 0 Å². The van der Waals surface area contributed by atoms with Gasteiger partial charge in [-0.15, -0.1) is 0 Å². The molecular formula is C17H17ClIN5O. The smallest absolute Gasteiger partial charge is 0.226 e. The van der Waals surface area contributed by atoms with Gasteiger partial charge < -0.3 is 5.32 Å². The van der Waals surface area contributed by atoms with Gasteiger partial charge in [0.05, 0.1) is 34.7 Å². The van der Waals surface area contributed by atoms with Gasteiger partial charge in [0.1, 0.15) is 0 Å². The molecule has 8 heteroatoms. The molecule has 0 aliphatic heterocycles. The summed E-state index contributed by atoms with van der Waals surface area (Å²) in [4.78, 5) is 12.1. The third-order valence-electron chi connectivity index (χ3n) is 3.74. The van der Waals surface area contributed by atoms with Crippen LogP contribution in [-0.2, 0) is 17.9 Å². The third kappa shape index (κ3) is 4.82. The van der Waals surface area contributed by atoms with E-state index in [1.54, 1.807) is 23.3 Å². The Kier molecular flexibility index (Phi) is 5.74. The number of nitrogens with zero attached hydrogens (tertiary/aromatic N) is 4. The molecule has 0 unspecified atom stereocenters. The summed E-state index contributed by atoms with van der Waals surface area (Å²) in [7, 11) is 0. The number of halogens is 2. The zero-order valence-corrected chi connectivity index (χ0v) is 16.5. The lowest BCUT2D eigenvalue weighted by Crippen LogP contribution is -2.15. The SMILES string of the molecule is Cc1c(I)cnn1CCC(=O)Nc1cnn(Cc2cccc(Cl)c2)c1. The molecule has 25 heavy (non-hydrogen) atoms. The highest BCUT2D eigenvalue weighted by Crippen LogP contribution is 2.14. The number of anilines is 1. The third-order valence-corrected chi connectivity index (χ3v) is 5.04. The molecule has 1 amide bonds. The average Bonchev–Trinajstić information content (AvgIpc) is 3.13. The molecule has 1 aromatic carbocycles. The predicted molar refractivity (Wildman–Crippen MR) is 106 cm³/mol. The predicted octanol–water partition coefficient (Wildman–Crippen LogP) is 3.72. The van der Waals surface area contributed by atoms with E-state index in [1.165, 1.54) is 0 Å². The van der Waals surface area contributed by atoms with Crippen molar-refractivity contribution in [3.05, 3.63) is 62.7 Å². The Labute approximate surface area is 164 Å². The van der Waals surface area contributed by atoms with Gasteiger partial charge in [0.15, 0.2) is 0 Å². The fourth-order valence-electron chi connectivity index (χ4n) is 2.42. The standard InChI is InChI=1S/C17H17ClIN5O/c1-12-16(19)9-21-24(12)6-5-17(25)22-15-8-20-23(11-15)10-13-3-2-4-14(18)7-13/h2-4,7-9,11H,5-6,10H2,1H3,(H,22,25). The van der Waals surface area contributed by atoms with Gasteiger partial charge in [0.25, 0.3) is 0 Å². The first-order chi connectivity index (χ1) is 12.0. The van der Waals surface area contributed by atoms with Crippen molar-refractivity contribution in [2.75, 3.05) is 5.32 Å². The molecule has 0 fully saturated rings. The van der Waals surface area contributed by atoms with E-state index >= 15 is 0 Å². The quantitative estimate of drug-likeness (QED) is 0.560. The summed E-state index contributed by atoms with van der Waals surface area (Å²) in [6.45, 7) is 3.14. The number of carbonyl (C=O) groups is 1. The van der Waals surface area contributed by atoms with E-state index in [0.717, 1.165) is 14.8 Å². The van der Waals surface area contributed by atoms with Gasteiger partial charge in [0.2, 0.25) is 5.91 Å². The molecule has 2 aromatic heterocycles. The van der Waals surface area contributed by atoms with Crippen LogP contribution in [0.1, 0.15) is 17.7 Å². The van der Waals surface area contributed by atoms with Crippen LogP contribution >= 0.6 is 34.2 Å². The van der Waals surface area contributed by atoms with Crippen LogP contribution in [0.2, 0.25) is 5.02 Å². The summed E-state index contributed by atoms with van der Waals surface area (Å²) in [5, 5.41) is 12.1. The molecule has 0 saturated carbocycles. The summed E-state index contributed by atoms with van der Waals surface area (Å²) >= 11 is 8.22. The van der Waals surface area contributed by atoms with Crippen LogP contribution in [0.5, 0.6) is 0 Å². The second-order valence-corrected chi connectivity index (χ2v) is 7.25. The first-order valence-corrected chi connectivity index (χ1v) is 9.21. The Morgan fingerprint density at radius 2 is 2.16 bits per heavy atom. The zero-order valence-electron chi connectivity index (χ0n) is 13.6. The number of amides is 1. The molecular weight excluding hydrogens is 453 g/mol. The van der Waals surface area contributed by atoms with E-state index in [2.05, 4.69) is 38.1 Å². The van der Waals surface area contributed by atoms with Gasteiger partial charge in [-0.2, -0.15) is 10.2 Å². The van der Waals surface area contributed by atoms with Crippen molar-refractivity contribution in [3.8, 4) is 0 Å². The molecule has 2 heterocycles. The highest BCUT2D eigenvalue weighted by atomic mass is 127. The second-order valence-electron chi connectivity index (χ2n) is 5.66. The Morgan fingerprint density at radius 3 is 2.88 bits per heavy atom. The van der Waals surface area contributed by atoms with Crippen molar-refractivity contribution >= 4 is 45.8 Å². The van der Waals surface area contributed by atoms with Crippen molar-refractivity contribution in [1.82, 2.24) is 19.6 Å². The number of aromatic nitrogens is 4. The van der Waals surface area contributed by atoms with Crippen molar-refractivity contribution in [1.29, 1.82) is 0 Å². The number of hydrogen-bond acceptors (Lipinski definition) is 3. The first kappa shape index (κ1) is 17.9. The number of nitrogens with one attached hydrogen (secondary N) is 1. The maximum atomic E-state index is 12.1. The van der Waals surface area contributed by atoms with Crippen LogP contribution < -0.4 is 5.32 Å². The van der Waals surface area contributed by atoms with Crippen molar-refractivity contribution < 1.29 is 4.79 Å². The summed E-state index contributed by atoms with van der Waals surface area (Å²) < 4.78 is 4.70. The second kappa shape index (κ2) is 8.01. The summed E-state index contributed by atoms with van der Waals surface area (Å²) in [5.74, 6) is -0.0628. The van der Waals surface area contributed by atoms with E-state index in [1.807, 2.05) is 35.9 Å². The highest BCUT2D eigenvalue weighted by molar-refractivity contribution is 14.1. The average molecular weight is 470 g/mol. The van der Waals surface area contributed by atoms with Gasteiger partial charge in [0, 0.05) is 23.3 Å². The van der Waals surface area contributed by atoms with Crippen molar-refractivity contribution in [2.45, 2.75) is 26.4 Å². The lowest BCUT2D eigenvalue weighted by Gasteiger charge is -2.05. The normalized spacial score (nSPS) is 10.8. The van der Waals surface area contributed by atoms with Gasteiger partial charge in [-0.05, 0) is 47.2 Å². The van der Waals surface area contributed by atoms with Crippen LogP contribution in [0.25, 0.3) is 0 Å². The minimum Gasteiger partial charge on any atom is -0.323 e. The first-order valence-electron chi connectivity index (χ1n) is 7.76. The molecule has 0 saturated heterocycles. The molecule has 6 nitrogen and oxygen atoms in total. The topological polar surface area (TPSA) is 64.7 Å². The number of hydrogen-bond donors (Lipinski definition) is 1. The molecule has 0 bridgehead atoms. The molecule has 0 radical (unpaired) electrons. The number of rotatable bonds is 6. The van der Waals surface area contributed by atoms with Crippen LogP contribution in [0, 0.1) is 10.5 Å². The van der Waals surface area contributed by atoms with E-state index in [9.17, 15) is 4.79 Å². The summed E-state index contributed by atoms with van der Waals surface area (Å²) in [6.07, 6.45) is 5.61. The Bertz CT molecular complexity index is 889. The highest BCUT2D eigenvalue weighted by Gasteiger charge is 2.08. The molecule has 130 valence electrons. The maximum absolute atomic E-state index is 12.1. The van der Waals surface area contributed by atoms with E-state index in [4.69, 9.17) is 11.6 Å². The summed E-state index contributed by atoms with van der Waals surface area (Å²) in [5.41, 5.74) is 2.80. The maximum Gasteiger partial charge on any atom is 0.226 e. The number of aryl methyl sites for hydroxylation is 1. The van der Waals surface area contributed by atoms with Crippen LogP contribution in [0.15, 0.2) is 42.9 Å². The number of carbonyl (C=O) groups excluding carboxylic acids is 1. The van der Waals surface area contributed by atoms with E-state index in [-0.39, 0.29) is 5.91 Å². The van der Waals surface area contributed by atoms with Gasteiger partial charge >= 0.3 is 0 Å². The van der Waals surface area contributed by atoms with E-state index in [0.29, 0.717) is 30.2 Å². The number of benzene rings is 1. The molecule has 0 aliphatic rings. The monoisotopic (exact) mass is 469 g/mol. The largest absolute Gasteiger partial charge is 0.323 e. The van der Waals surface area contributed by atoms with Crippen LogP contribution in [0.4, 0.5) is 5.69 Å². The molecule has 0 atom stereocenters. The molecule has 3 rings (SSSR count). The Balaban J connectivity index is 1.54. The Morgan fingerprint density at radius 1 is 1.32 bits per heavy atom. The van der Waals surface area contributed by atoms with Crippen LogP contribution in [0.3, 0.4) is 0 Å². The molecule has 0 spiro atoms. The molecule has 3 aromatic rings. The molecule has 0 aliphatic carbocycles. The lowest BCUT2D eigenvalue weighted by atomic mass is 10.2. The summed E-state index contributed by atoms with van der Waals surface area (Å²) in [6, 6.07) is 7.62. The van der Waals surface area contributed by atoms with Gasteiger partial charge in [-0.3, -0.25) is 14.2 Å². The Hall–Kier alpha value is -1.87. The van der Waals surface area contributed by atoms with Crippen molar-refractivity contribution in [3.63, 3.8) is 0 Å². The minimum absolute atomic E-state index is 0.0628. The van der Waals surface area contributed by atoms with Crippen LogP contribution in [-0.4, -0.2) is 25.5 Å². The van der Waals surface area contributed by atoms with Crippen molar-refractivity contribution in [2.24, 2.45) is 0 Å². The van der Waals surface area contributed by atoms with Gasteiger partial charge in [-0.1, -0.05) is 23.7 Å². The van der Waals surface area contributed by atoms with Gasteiger partial charge in [-0.25, -0.2) is 0 Å². The fraction of sp³-hybridized carbons (Fsp3) is 0.235.